The van der Waals surface area contributed by atoms with E-state index < -0.39 is 0 Å². The summed E-state index contributed by atoms with van der Waals surface area (Å²) in [4.78, 5) is 7.85. The molecular weight excluding hydrogens is 238 g/mol. The SMILES string of the molecule is COc1ccc2nc(-c3cccc(C)c3N)[nH]c2c1. The van der Waals surface area contributed by atoms with Gasteiger partial charge in [0.05, 0.1) is 18.1 Å². The molecule has 4 heteroatoms. The fourth-order valence-corrected chi connectivity index (χ4v) is 2.13. The van der Waals surface area contributed by atoms with E-state index in [2.05, 4.69) is 9.97 Å². The predicted octanol–water partition coefficient (Wildman–Crippen LogP) is 3.13. The number of rotatable bonds is 2. The summed E-state index contributed by atoms with van der Waals surface area (Å²) in [6.45, 7) is 1.99. The highest BCUT2D eigenvalue weighted by Gasteiger charge is 2.09. The molecular formula is C15H15N3O. The largest absolute Gasteiger partial charge is 0.497 e. The Morgan fingerprint density at radius 1 is 1.21 bits per heavy atom. The summed E-state index contributed by atoms with van der Waals surface area (Å²) < 4.78 is 5.21. The lowest BCUT2D eigenvalue weighted by molar-refractivity contribution is 0.415. The predicted molar refractivity (Wildman–Crippen MR) is 77.2 cm³/mol. The Labute approximate surface area is 111 Å². The Kier molecular flexibility index (Phi) is 2.63. The fourth-order valence-electron chi connectivity index (χ4n) is 2.13. The number of aryl methyl sites for hydroxylation is 1. The van der Waals surface area contributed by atoms with Crippen LogP contribution in [-0.4, -0.2) is 17.1 Å². The lowest BCUT2D eigenvalue weighted by Gasteiger charge is -2.04. The van der Waals surface area contributed by atoms with Crippen molar-refractivity contribution in [3.63, 3.8) is 0 Å². The maximum absolute atomic E-state index is 6.11. The van der Waals surface area contributed by atoms with Gasteiger partial charge >= 0.3 is 0 Å². The number of H-pyrrole nitrogens is 1. The van der Waals surface area contributed by atoms with E-state index in [1.807, 2.05) is 43.3 Å². The summed E-state index contributed by atoms with van der Waals surface area (Å²) in [5, 5.41) is 0. The number of aromatic nitrogens is 2. The molecule has 3 aromatic rings. The van der Waals surface area contributed by atoms with Crippen LogP contribution in [0.25, 0.3) is 22.4 Å². The second kappa shape index (κ2) is 4.31. The molecule has 4 nitrogen and oxygen atoms in total. The number of imidazole rings is 1. The summed E-state index contributed by atoms with van der Waals surface area (Å²) >= 11 is 0. The normalized spacial score (nSPS) is 10.8. The second-order valence-corrected chi connectivity index (χ2v) is 4.50. The third-order valence-corrected chi connectivity index (χ3v) is 3.27. The Morgan fingerprint density at radius 2 is 2.05 bits per heavy atom. The van der Waals surface area contributed by atoms with Crippen molar-refractivity contribution in [2.24, 2.45) is 0 Å². The molecule has 0 radical (unpaired) electrons. The van der Waals surface area contributed by atoms with E-state index in [9.17, 15) is 0 Å². The number of hydrogen-bond donors (Lipinski definition) is 2. The van der Waals surface area contributed by atoms with Gasteiger partial charge in [-0.15, -0.1) is 0 Å². The molecule has 0 atom stereocenters. The molecule has 3 rings (SSSR count). The Bertz CT molecular complexity index is 746. The molecule has 96 valence electrons. The quantitative estimate of drug-likeness (QED) is 0.690. The Morgan fingerprint density at radius 3 is 2.84 bits per heavy atom. The maximum Gasteiger partial charge on any atom is 0.140 e. The number of anilines is 1. The third kappa shape index (κ3) is 1.91. The number of para-hydroxylation sites is 1. The third-order valence-electron chi connectivity index (χ3n) is 3.27. The molecule has 3 N–H and O–H groups in total. The van der Waals surface area contributed by atoms with Gasteiger partial charge in [0.2, 0.25) is 0 Å². The smallest absolute Gasteiger partial charge is 0.140 e. The van der Waals surface area contributed by atoms with Crippen molar-refractivity contribution in [2.75, 3.05) is 12.8 Å². The molecule has 1 aromatic heterocycles. The van der Waals surface area contributed by atoms with Crippen molar-refractivity contribution in [1.82, 2.24) is 9.97 Å². The molecule has 0 aliphatic carbocycles. The van der Waals surface area contributed by atoms with Crippen LogP contribution in [0, 0.1) is 6.92 Å². The number of nitrogens with two attached hydrogens (primary N) is 1. The number of nitrogens with zero attached hydrogens (tertiary/aromatic N) is 1. The van der Waals surface area contributed by atoms with Crippen LogP contribution in [-0.2, 0) is 0 Å². The van der Waals surface area contributed by atoms with Gasteiger partial charge in [-0.25, -0.2) is 4.98 Å². The number of ether oxygens (including phenoxy) is 1. The second-order valence-electron chi connectivity index (χ2n) is 4.50. The molecule has 0 bridgehead atoms. The Hall–Kier alpha value is -2.49. The van der Waals surface area contributed by atoms with Crippen LogP contribution < -0.4 is 10.5 Å². The van der Waals surface area contributed by atoms with E-state index in [1.165, 1.54) is 0 Å². The summed E-state index contributed by atoms with van der Waals surface area (Å²) in [7, 11) is 1.65. The first-order chi connectivity index (χ1) is 9.19. The van der Waals surface area contributed by atoms with Gasteiger partial charge in [-0.3, -0.25) is 0 Å². The summed E-state index contributed by atoms with van der Waals surface area (Å²) in [6.07, 6.45) is 0. The van der Waals surface area contributed by atoms with Crippen LogP contribution in [0.5, 0.6) is 5.75 Å². The number of benzene rings is 2. The van der Waals surface area contributed by atoms with E-state index in [0.29, 0.717) is 0 Å². The summed E-state index contributed by atoms with van der Waals surface area (Å²) in [5.41, 5.74) is 10.7. The fraction of sp³-hybridized carbons (Fsp3) is 0.133. The van der Waals surface area contributed by atoms with E-state index in [4.69, 9.17) is 10.5 Å². The summed E-state index contributed by atoms with van der Waals surface area (Å²) in [5.74, 6) is 1.59. The van der Waals surface area contributed by atoms with Gasteiger partial charge in [0, 0.05) is 17.3 Å². The van der Waals surface area contributed by atoms with E-state index >= 15 is 0 Å². The topological polar surface area (TPSA) is 63.9 Å². The van der Waals surface area contributed by atoms with E-state index in [1.54, 1.807) is 7.11 Å². The molecule has 1 heterocycles. The molecule has 0 spiro atoms. The molecule has 19 heavy (non-hydrogen) atoms. The number of methoxy groups -OCH3 is 1. The standard InChI is InChI=1S/C15H15N3O/c1-9-4-3-5-11(14(9)16)15-17-12-7-6-10(19-2)8-13(12)18-15/h3-8H,16H2,1-2H3,(H,17,18). The van der Waals surface area contributed by atoms with Crippen LogP contribution >= 0.6 is 0 Å². The maximum atomic E-state index is 6.11. The molecule has 0 fully saturated rings. The van der Waals surface area contributed by atoms with Crippen LogP contribution in [0.15, 0.2) is 36.4 Å². The van der Waals surface area contributed by atoms with Crippen LogP contribution in [0.2, 0.25) is 0 Å². The van der Waals surface area contributed by atoms with Crippen LogP contribution in [0.4, 0.5) is 5.69 Å². The van der Waals surface area contributed by atoms with Crippen molar-refractivity contribution in [1.29, 1.82) is 0 Å². The molecule has 0 amide bonds. The summed E-state index contributed by atoms with van der Waals surface area (Å²) in [6, 6.07) is 11.7. The highest BCUT2D eigenvalue weighted by atomic mass is 16.5. The number of nitrogens with one attached hydrogen (secondary N) is 1. The van der Waals surface area contributed by atoms with Gasteiger partial charge in [0.15, 0.2) is 0 Å². The minimum atomic E-state index is 0.758. The zero-order valence-corrected chi connectivity index (χ0v) is 10.9. The van der Waals surface area contributed by atoms with Crippen molar-refractivity contribution in [3.05, 3.63) is 42.0 Å². The minimum Gasteiger partial charge on any atom is -0.497 e. The number of fused-ring (bicyclic) bond motifs is 1. The minimum absolute atomic E-state index is 0.758. The van der Waals surface area contributed by atoms with E-state index in [-0.39, 0.29) is 0 Å². The molecule has 2 aromatic carbocycles. The first-order valence-electron chi connectivity index (χ1n) is 6.08. The lowest BCUT2D eigenvalue weighted by Crippen LogP contribution is -1.94. The first-order valence-corrected chi connectivity index (χ1v) is 6.08. The van der Waals surface area contributed by atoms with Crippen LogP contribution in [0.3, 0.4) is 0 Å². The average Bonchev–Trinajstić information content (AvgIpc) is 2.84. The molecule has 0 unspecified atom stereocenters. The highest BCUT2D eigenvalue weighted by molar-refractivity contribution is 5.84. The molecule has 0 aliphatic rings. The van der Waals surface area contributed by atoms with Gasteiger partial charge in [-0.1, -0.05) is 12.1 Å². The van der Waals surface area contributed by atoms with Gasteiger partial charge in [-0.2, -0.15) is 0 Å². The van der Waals surface area contributed by atoms with Crippen molar-refractivity contribution < 1.29 is 4.74 Å². The highest BCUT2D eigenvalue weighted by Crippen LogP contribution is 2.28. The van der Waals surface area contributed by atoms with Crippen molar-refractivity contribution in [2.45, 2.75) is 6.92 Å². The van der Waals surface area contributed by atoms with E-state index in [0.717, 1.165) is 39.4 Å². The number of nitrogen functional groups attached to an aromatic ring is 1. The number of aromatic amines is 1. The zero-order valence-electron chi connectivity index (χ0n) is 10.9. The van der Waals surface area contributed by atoms with Gasteiger partial charge in [-0.05, 0) is 30.7 Å². The van der Waals surface area contributed by atoms with Crippen molar-refractivity contribution in [3.8, 4) is 17.1 Å². The molecule has 0 aliphatic heterocycles. The average molecular weight is 253 g/mol. The molecule has 0 saturated heterocycles. The van der Waals surface area contributed by atoms with Gasteiger partial charge in [0.1, 0.15) is 11.6 Å². The zero-order chi connectivity index (χ0) is 13.4. The number of hydrogen-bond acceptors (Lipinski definition) is 3. The Balaban J connectivity index is 2.18. The van der Waals surface area contributed by atoms with Crippen LogP contribution in [0.1, 0.15) is 5.56 Å². The monoisotopic (exact) mass is 253 g/mol. The lowest BCUT2D eigenvalue weighted by atomic mass is 10.1. The first kappa shape index (κ1) is 11.6. The van der Waals surface area contributed by atoms with Gasteiger partial charge in [0.25, 0.3) is 0 Å². The van der Waals surface area contributed by atoms with Gasteiger partial charge < -0.3 is 15.5 Å². The van der Waals surface area contributed by atoms with Crippen molar-refractivity contribution >= 4 is 16.7 Å². The molecule has 0 saturated carbocycles.